The highest BCUT2D eigenvalue weighted by Crippen LogP contribution is 2.21. The van der Waals surface area contributed by atoms with E-state index in [-0.39, 0.29) is 11.9 Å². The van der Waals surface area contributed by atoms with Crippen LogP contribution < -0.4 is 5.32 Å². The van der Waals surface area contributed by atoms with Crippen molar-refractivity contribution in [3.05, 3.63) is 35.6 Å². The molecule has 1 rings (SSSR count). The van der Waals surface area contributed by atoms with Crippen molar-refractivity contribution in [1.29, 1.82) is 0 Å². The van der Waals surface area contributed by atoms with E-state index in [2.05, 4.69) is 5.32 Å². The molecule has 0 spiro atoms. The lowest BCUT2D eigenvalue weighted by Crippen LogP contribution is -2.39. The fourth-order valence-electron chi connectivity index (χ4n) is 1.99. The molecule has 0 aliphatic heterocycles. The lowest BCUT2D eigenvalue weighted by Gasteiger charge is -2.22. The van der Waals surface area contributed by atoms with Crippen LogP contribution in [0.3, 0.4) is 0 Å². The van der Waals surface area contributed by atoms with Gasteiger partial charge in [-0.15, -0.1) is 0 Å². The highest BCUT2D eigenvalue weighted by atomic mass is 19.1. The zero-order chi connectivity index (χ0) is 13.5. The molecule has 4 heteroatoms. The number of nitrogens with one attached hydrogen (secondary N) is 1. The summed E-state index contributed by atoms with van der Waals surface area (Å²) >= 11 is 0. The first-order valence-electron chi connectivity index (χ1n) is 6.33. The Labute approximate surface area is 107 Å². The quantitative estimate of drug-likeness (QED) is 0.785. The van der Waals surface area contributed by atoms with Crippen LogP contribution in [0, 0.1) is 5.82 Å². The smallest absolute Gasteiger partial charge is 0.320 e. The molecule has 2 unspecified atom stereocenters. The minimum atomic E-state index is -0.883. The first-order chi connectivity index (χ1) is 8.60. The SMILES string of the molecule is CCCC(NC(CC)c1ccccc1F)C(=O)O. The van der Waals surface area contributed by atoms with Crippen LogP contribution in [0.2, 0.25) is 0 Å². The van der Waals surface area contributed by atoms with Crippen molar-refractivity contribution < 1.29 is 14.3 Å². The number of benzene rings is 1. The van der Waals surface area contributed by atoms with Crippen LogP contribution in [0.1, 0.15) is 44.7 Å². The third-order valence-electron chi connectivity index (χ3n) is 2.97. The second kappa shape index (κ2) is 7.11. The van der Waals surface area contributed by atoms with Crippen molar-refractivity contribution in [2.45, 2.75) is 45.2 Å². The average Bonchev–Trinajstić information content (AvgIpc) is 2.35. The molecule has 0 bridgehead atoms. The summed E-state index contributed by atoms with van der Waals surface area (Å²) in [5, 5.41) is 12.1. The molecule has 0 saturated heterocycles. The molecule has 1 aromatic carbocycles. The topological polar surface area (TPSA) is 49.3 Å². The fraction of sp³-hybridized carbons (Fsp3) is 0.500. The molecular formula is C14H20FNO2. The van der Waals surface area contributed by atoms with Gasteiger partial charge in [-0.05, 0) is 18.9 Å². The van der Waals surface area contributed by atoms with E-state index in [1.54, 1.807) is 18.2 Å². The van der Waals surface area contributed by atoms with Crippen molar-refractivity contribution in [2.75, 3.05) is 0 Å². The van der Waals surface area contributed by atoms with E-state index in [1.807, 2.05) is 13.8 Å². The molecule has 0 saturated carbocycles. The summed E-state index contributed by atoms with van der Waals surface area (Å²) in [6, 6.07) is 5.60. The van der Waals surface area contributed by atoms with Gasteiger partial charge in [-0.2, -0.15) is 0 Å². The van der Waals surface area contributed by atoms with Crippen LogP contribution in [-0.4, -0.2) is 17.1 Å². The minimum Gasteiger partial charge on any atom is -0.480 e. The summed E-state index contributed by atoms with van der Waals surface area (Å²) in [4.78, 5) is 11.1. The van der Waals surface area contributed by atoms with Gasteiger partial charge in [-0.1, -0.05) is 38.5 Å². The number of carbonyl (C=O) groups is 1. The summed E-state index contributed by atoms with van der Waals surface area (Å²) < 4.78 is 13.7. The second-order valence-electron chi connectivity index (χ2n) is 4.33. The van der Waals surface area contributed by atoms with Crippen molar-refractivity contribution >= 4 is 5.97 Å². The molecule has 0 heterocycles. The Kier molecular flexibility index (Phi) is 5.78. The number of hydrogen-bond donors (Lipinski definition) is 2. The summed E-state index contributed by atoms with van der Waals surface area (Å²) in [5.41, 5.74) is 0.530. The molecule has 0 fully saturated rings. The number of carboxylic acid groups (broad SMARTS) is 1. The molecular weight excluding hydrogens is 233 g/mol. The normalized spacial score (nSPS) is 14.2. The van der Waals surface area contributed by atoms with Crippen LogP contribution in [0.25, 0.3) is 0 Å². The van der Waals surface area contributed by atoms with Crippen molar-refractivity contribution in [3.63, 3.8) is 0 Å². The Bertz CT molecular complexity index is 395. The molecule has 100 valence electrons. The van der Waals surface area contributed by atoms with Gasteiger partial charge in [0.25, 0.3) is 0 Å². The molecule has 1 aromatic rings. The number of rotatable bonds is 7. The summed E-state index contributed by atoms with van der Waals surface area (Å²) in [5.74, 6) is -1.18. The van der Waals surface area contributed by atoms with Gasteiger partial charge in [-0.3, -0.25) is 10.1 Å². The predicted molar refractivity (Wildman–Crippen MR) is 68.9 cm³/mol. The molecule has 0 aromatic heterocycles. The molecule has 2 N–H and O–H groups in total. The number of hydrogen-bond acceptors (Lipinski definition) is 2. The maximum absolute atomic E-state index is 13.7. The third kappa shape index (κ3) is 3.81. The van der Waals surface area contributed by atoms with Gasteiger partial charge in [-0.25, -0.2) is 4.39 Å². The van der Waals surface area contributed by atoms with Gasteiger partial charge >= 0.3 is 5.97 Å². The Balaban J connectivity index is 2.84. The van der Waals surface area contributed by atoms with E-state index in [0.717, 1.165) is 6.42 Å². The highest BCUT2D eigenvalue weighted by Gasteiger charge is 2.22. The Morgan fingerprint density at radius 1 is 1.39 bits per heavy atom. The first kappa shape index (κ1) is 14.6. The van der Waals surface area contributed by atoms with E-state index in [9.17, 15) is 9.18 Å². The van der Waals surface area contributed by atoms with Crippen LogP contribution in [0.5, 0.6) is 0 Å². The Morgan fingerprint density at radius 3 is 2.56 bits per heavy atom. The molecule has 0 radical (unpaired) electrons. The molecule has 0 amide bonds. The summed E-state index contributed by atoms with van der Waals surface area (Å²) in [6.45, 7) is 3.84. The van der Waals surface area contributed by atoms with Crippen LogP contribution in [-0.2, 0) is 4.79 Å². The maximum atomic E-state index is 13.7. The average molecular weight is 253 g/mol. The van der Waals surface area contributed by atoms with Gasteiger partial charge in [0, 0.05) is 11.6 Å². The first-order valence-corrected chi connectivity index (χ1v) is 6.33. The van der Waals surface area contributed by atoms with Gasteiger partial charge in [0.05, 0.1) is 0 Å². The largest absolute Gasteiger partial charge is 0.480 e. The zero-order valence-electron chi connectivity index (χ0n) is 10.8. The Morgan fingerprint density at radius 2 is 2.06 bits per heavy atom. The van der Waals surface area contributed by atoms with Crippen molar-refractivity contribution in [1.82, 2.24) is 5.32 Å². The fourth-order valence-corrected chi connectivity index (χ4v) is 1.99. The molecule has 18 heavy (non-hydrogen) atoms. The maximum Gasteiger partial charge on any atom is 0.320 e. The van der Waals surface area contributed by atoms with E-state index >= 15 is 0 Å². The predicted octanol–water partition coefficient (Wildman–Crippen LogP) is 3.12. The lowest BCUT2D eigenvalue weighted by molar-refractivity contribution is -0.139. The number of carboxylic acids is 1. The molecule has 3 nitrogen and oxygen atoms in total. The lowest BCUT2D eigenvalue weighted by atomic mass is 10.0. The minimum absolute atomic E-state index is 0.265. The Hall–Kier alpha value is -1.42. The van der Waals surface area contributed by atoms with Gasteiger partial charge in [0.2, 0.25) is 0 Å². The molecule has 2 atom stereocenters. The molecule has 0 aliphatic carbocycles. The molecule has 0 aliphatic rings. The monoisotopic (exact) mass is 253 g/mol. The number of halogens is 1. The second-order valence-corrected chi connectivity index (χ2v) is 4.33. The van der Waals surface area contributed by atoms with E-state index < -0.39 is 12.0 Å². The standard InChI is InChI=1S/C14H20FNO2/c1-3-7-13(14(17)18)16-12(4-2)10-8-5-6-9-11(10)15/h5-6,8-9,12-13,16H,3-4,7H2,1-2H3,(H,17,18). The highest BCUT2D eigenvalue weighted by molar-refractivity contribution is 5.73. The van der Waals surface area contributed by atoms with Gasteiger partial charge in [0.15, 0.2) is 0 Å². The summed E-state index contributed by atoms with van der Waals surface area (Å²) in [7, 11) is 0. The zero-order valence-corrected chi connectivity index (χ0v) is 10.8. The van der Waals surface area contributed by atoms with E-state index in [0.29, 0.717) is 18.4 Å². The van der Waals surface area contributed by atoms with Gasteiger partial charge < -0.3 is 5.11 Å². The van der Waals surface area contributed by atoms with E-state index in [4.69, 9.17) is 5.11 Å². The van der Waals surface area contributed by atoms with Gasteiger partial charge in [0.1, 0.15) is 11.9 Å². The van der Waals surface area contributed by atoms with Crippen LogP contribution >= 0.6 is 0 Å². The van der Waals surface area contributed by atoms with E-state index in [1.165, 1.54) is 6.07 Å². The summed E-state index contributed by atoms with van der Waals surface area (Å²) in [6.07, 6.45) is 1.96. The van der Waals surface area contributed by atoms with Crippen LogP contribution in [0.4, 0.5) is 4.39 Å². The third-order valence-corrected chi connectivity index (χ3v) is 2.97. The van der Waals surface area contributed by atoms with Crippen molar-refractivity contribution in [3.8, 4) is 0 Å². The van der Waals surface area contributed by atoms with Crippen LogP contribution in [0.15, 0.2) is 24.3 Å². The number of aliphatic carboxylic acids is 1. The van der Waals surface area contributed by atoms with Crippen molar-refractivity contribution in [2.24, 2.45) is 0 Å².